The van der Waals surface area contributed by atoms with Gasteiger partial charge in [0.05, 0.1) is 0 Å². The number of aromatic nitrogens is 2. The summed E-state index contributed by atoms with van der Waals surface area (Å²) in [6.07, 6.45) is 5.04. The molecule has 0 saturated carbocycles. The molecule has 2 atom stereocenters. The van der Waals surface area contributed by atoms with E-state index in [4.69, 9.17) is 4.52 Å². The average molecular weight is 395 g/mol. The Labute approximate surface area is 163 Å². The van der Waals surface area contributed by atoms with Crippen molar-refractivity contribution in [1.29, 1.82) is 0 Å². The molecule has 1 N–H and O–H groups in total. The number of fused-ring (bicyclic) bond motifs is 2. The molecule has 2 bridgehead atoms. The SMILES string of the molecule is Cl.O=C(CCCc1nc(-c2ccc(F)cc2)no1)N1C2CCNCC1CC2. The van der Waals surface area contributed by atoms with Crippen LogP contribution in [0.5, 0.6) is 0 Å². The summed E-state index contributed by atoms with van der Waals surface area (Å²) in [5, 5.41) is 7.35. The maximum absolute atomic E-state index is 13.0. The van der Waals surface area contributed by atoms with Crippen molar-refractivity contribution in [2.24, 2.45) is 0 Å². The molecule has 2 unspecified atom stereocenters. The van der Waals surface area contributed by atoms with Gasteiger partial charge in [0.2, 0.25) is 17.6 Å². The zero-order chi connectivity index (χ0) is 17.9. The van der Waals surface area contributed by atoms with Gasteiger partial charge < -0.3 is 14.7 Å². The Morgan fingerprint density at radius 2 is 2.00 bits per heavy atom. The lowest BCUT2D eigenvalue weighted by molar-refractivity contribution is -0.133. The van der Waals surface area contributed by atoms with E-state index in [-0.39, 0.29) is 24.1 Å². The summed E-state index contributed by atoms with van der Waals surface area (Å²) in [6, 6.07) is 6.73. The molecular formula is C19H24ClFN4O2. The van der Waals surface area contributed by atoms with Crippen molar-refractivity contribution in [3.05, 3.63) is 36.0 Å². The van der Waals surface area contributed by atoms with Crippen LogP contribution >= 0.6 is 12.4 Å². The van der Waals surface area contributed by atoms with Crippen LogP contribution < -0.4 is 5.32 Å². The third kappa shape index (κ3) is 4.47. The third-order valence-electron chi connectivity index (χ3n) is 5.29. The number of nitrogens with zero attached hydrogens (tertiary/aromatic N) is 3. The van der Waals surface area contributed by atoms with Gasteiger partial charge in [0.1, 0.15) is 5.82 Å². The van der Waals surface area contributed by atoms with Gasteiger partial charge in [-0.2, -0.15) is 4.98 Å². The van der Waals surface area contributed by atoms with Crippen molar-refractivity contribution in [1.82, 2.24) is 20.4 Å². The first kappa shape index (κ1) is 19.8. The summed E-state index contributed by atoms with van der Waals surface area (Å²) in [5.41, 5.74) is 0.714. The Morgan fingerprint density at radius 1 is 1.22 bits per heavy atom. The smallest absolute Gasteiger partial charge is 0.226 e. The fraction of sp³-hybridized carbons (Fsp3) is 0.526. The summed E-state index contributed by atoms with van der Waals surface area (Å²) in [6.45, 7) is 1.91. The van der Waals surface area contributed by atoms with Crippen LogP contribution in [-0.2, 0) is 11.2 Å². The third-order valence-corrected chi connectivity index (χ3v) is 5.29. The number of rotatable bonds is 5. The summed E-state index contributed by atoms with van der Waals surface area (Å²) in [7, 11) is 0. The molecule has 3 heterocycles. The molecule has 2 fully saturated rings. The molecule has 4 rings (SSSR count). The number of hydrogen-bond donors (Lipinski definition) is 1. The van der Waals surface area contributed by atoms with E-state index in [0.717, 1.165) is 32.4 Å². The van der Waals surface area contributed by atoms with E-state index in [2.05, 4.69) is 20.4 Å². The number of nitrogens with one attached hydrogen (secondary N) is 1. The van der Waals surface area contributed by atoms with E-state index in [1.807, 2.05) is 0 Å². The molecule has 1 aromatic heterocycles. The summed E-state index contributed by atoms with van der Waals surface area (Å²) >= 11 is 0. The van der Waals surface area contributed by atoms with Crippen molar-refractivity contribution in [2.45, 2.75) is 50.6 Å². The largest absolute Gasteiger partial charge is 0.339 e. The van der Waals surface area contributed by atoms with Crippen molar-refractivity contribution >= 4 is 18.3 Å². The zero-order valence-corrected chi connectivity index (χ0v) is 15.9. The molecule has 1 aromatic carbocycles. The fourth-order valence-electron chi connectivity index (χ4n) is 3.98. The highest BCUT2D eigenvalue weighted by Crippen LogP contribution is 2.29. The molecular weight excluding hydrogens is 371 g/mol. The second-order valence-electron chi connectivity index (χ2n) is 7.05. The Kier molecular flexibility index (Phi) is 6.44. The second-order valence-corrected chi connectivity index (χ2v) is 7.05. The van der Waals surface area contributed by atoms with Crippen molar-refractivity contribution in [3.8, 4) is 11.4 Å². The van der Waals surface area contributed by atoms with Gasteiger partial charge in [-0.25, -0.2) is 4.39 Å². The maximum atomic E-state index is 13.0. The molecule has 0 radical (unpaired) electrons. The van der Waals surface area contributed by atoms with Crippen LogP contribution in [0.2, 0.25) is 0 Å². The van der Waals surface area contributed by atoms with Crippen LogP contribution in [0.25, 0.3) is 11.4 Å². The number of hydrogen-bond acceptors (Lipinski definition) is 5. The van der Waals surface area contributed by atoms with Crippen molar-refractivity contribution in [2.75, 3.05) is 13.1 Å². The van der Waals surface area contributed by atoms with Gasteiger partial charge in [-0.3, -0.25) is 4.79 Å². The number of carbonyl (C=O) groups is 1. The van der Waals surface area contributed by atoms with E-state index < -0.39 is 0 Å². The first-order valence-electron chi connectivity index (χ1n) is 9.31. The van der Waals surface area contributed by atoms with Crippen LogP contribution in [0.3, 0.4) is 0 Å². The topological polar surface area (TPSA) is 71.3 Å². The lowest BCUT2D eigenvalue weighted by Crippen LogP contribution is -2.42. The Balaban J connectivity index is 0.00000210. The van der Waals surface area contributed by atoms with E-state index in [1.165, 1.54) is 12.1 Å². The number of aryl methyl sites for hydroxylation is 1. The monoisotopic (exact) mass is 394 g/mol. The lowest BCUT2D eigenvalue weighted by atomic mass is 10.1. The standard InChI is InChI=1S/C19H23FN4O2.ClH/c20-14-6-4-13(5-7-14)19-22-17(26-23-19)2-1-3-18(25)24-15-8-9-16(24)12-21-11-10-15;/h4-7,15-16,21H,1-3,8-12H2;1H. The molecule has 2 saturated heterocycles. The second kappa shape index (κ2) is 8.80. The minimum Gasteiger partial charge on any atom is -0.339 e. The van der Waals surface area contributed by atoms with E-state index in [0.29, 0.717) is 48.6 Å². The summed E-state index contributed by atoms with van der Waals surface area (Å²) in [4.78, 5) is 19.1. The highest BCUT2D eigenvalue weighted by Gasteiger charge is 2.37. The van der Waals surface area contributed by atoms with Crippen LogP contribution in [0, 0.1) is 5.82 Å². The molecule has 146 valence electrons. The molecule has 1 amide bonds. The maximum Gasteiger partial charge on any atom is 0.226 e. The summed E-state index contributed by atoms with van der Waals surface area (Å²) < 4.78 is 18.2. The van der Waals surface area contributed by atoms with Gasteiger partial charge in [0, 0.05) is 37.0 Å². The van der Waals surface area contributed by atoms with Crippen LogP contribution in [0.15, 0.2) is 28.8 Å². The average Bonchev–Trinajstić information content (AvgIpc) is 3.19. The first-order valence-corrected chi connectivity index (χ1v) is 9.31. The molecule has 8 heteroatoms. The van der Waals surface area contributed by atoms with Crippen LogP contribution in [0.1, 0.15) is 38.0 Å². The number of carbonyl (C=O) groups excluding carboxylic acids is 1. The highest BCUT2D eigenvalue weighted by atomic mass is 35.5. The normalized spacial score (nSPS) is 21.6. The molecule has 2 aliphatic heterocycles. The first-order chi connectivity index (χ1) is 12.7. The number of halogens is 2. The predicted molar refractivity (Wildman–Crippen MR) is 101 cm³/mol. The van der Waals surface area contributed by atoms with Gasteiger partial charge >= 0.3 is 0 Å². The van der Waals surface area contributed by atoms with E-state index in [9.17, 15) is 9.18 Å². The Bertz CT molecular complexity index is 753. The lowest BCUT2D eigenvalue weighted by Gasteiger charge is -2.27. The van der Waals surface area contributed by atoms with Gasteiger partial charge in [0.15, 0.2) is 0 Å². The van der Waals surface area contributed by atoms with Gasteiger partial charge in [-0.1, -0.05) is 5.16 Å². The quantitative estimate of drug-likeness (QED) is 0.844. The molecule has 0 spiro atoms. The number of benzene rings is 1. The predicted octanol–water partition coefficient (Wildman–Crippen LogP) is 2.97. The molecule has 2 aromatic rings. The highest BCUT2D eigenvalue weighted by molar-refractivity contribution is 5.85. The Morgan fingerprint density at radius 3 is 2.81 bits per heavy atom. The minimum atomic E-state index is -0.298. The zero-order valence-electron chi connectivity index (χ0n) is 15.1. The van der Waals surface area contributed by atoms with Crippen LogP contribution in [0.4, 0.5) is 4.39 Å². The van der Waals surface area contributed by atoms with Crippen molar-refractivity contribution in [3.63, 3.8) is 0 Å². The molecule has 6 nitrogen and oxygen atoms in total. The molecule has 0 aliphatic carbocycles. The Hall–Kier alpha value is -1.99. The van der Waals surface area contributed by atoms with E-state index >= 15 is 0 Å². The van der Waals surface area contributed by atoms with Crippen LogP contribution in [-0.4, -0.2) is 46.1 Å². The molecule has 2 aliphatic rings. The van der Waals surface area contributed by atoms with Gasteiger partial charge in [-0.05, 0) is 56.5 Å². The van der Waals surface area contributed by atoms with Gasteiger partial charge in [0.25, 0.3) is 0 Å². The van der Waals surface area contributed by atoms with Crippen molar-refractivity contribution < 1.29 is 13.7 Å². The van der Waals surface area contributed by atoms with E-state index in [1.54, 1.807) is 12.1 Å². The summed E-state index contributed by atoms with van der Waals surface area (Å²) in [5.74, 6) is 0.897. The number of amides is 1. The molecule has 27 heavy (non-hydrogen) atoms. The minimum absolute atomic E-state index is 0. The van der Waals surface area contributed by atoms with Gasteiger partial charge in [-0.15, -0.1) is 12.4 Å². The fourth-order valence-corrected chi connectivity index (χ4v) is 3.98.